The van der Waals surface area contributed by atoms with Gasteiger partial charge < -0.3 is 14.9 Å². The normalized spacial score (nSPS) is 22.2. The first kappa shape index (κ1) is 22.4. The third kappa shape index (κ3) is 3.81. The van der Waals surface area contributed by atoms with Gasteiger partial charge in [0.1, 0.15) is 11.5 Å². The highest BCUT2D eigenvalue weighted by Crippen LogP contribution is 2.52. The molecule has 5 nitrogen and oxygen atoms in total. The summed E-state index contributed by atoms with van der Waals surface area (Å²) < 4.78 is 6.45. The van der Waals surface area contributed by atoms with Gasteiger partial charge in [-0.3, -0.25) is 9.59 Å². The van der Waals surface area contributed by atoms with Crippen molar-refractivity contribution in [2.24, 2.45) is 0 Å². The van der Waals surface area contributed by atoms with Crippen molar-refractivity contribution in [3.8, 4) is 11.5 Å². The van der Waals surface area contributed by atoms with Crippen molar-refractivity contribution >= 4 is 11.6 Å². The molecule has 3 aromatic rings. The molecule has 5 heteroatoms. The third-order valence-corrected chi connectivity index (χ3v) is 7.63. The second-order valence-electron chi connectivity index (χ2n) is 9.83. The van der Waals surface area contributed by atoms with Crippen LogP contribution in [0.5, 0.6) is 11.5 Å². The van der Waals surface area contributed by atoms with Gasteiger partial charge in [-0.2, -0.15) is 0 Å². The zero-order valence-electron chi connectivity index (χ0n) is 19.7. The zero-order chi connectivity index (χ0) is 24.8. The van der Waals surface area contributed by atoms with E-state index in [0.717, 1.165) is 11.1 Å². The minimum absolute atomic E-state index is 0.00215. The molecule has 1 aliphatic heterocycles. The molecule has 0 unspecified atom stereocenters. The maximum Gasteiger partial charge on any atom is 0.163 e. The maximum atomic E-state index is 13.6. The first-order chi connectivity index (χ1) is 17.5. The molecule has 0 bridgehead atoms. The van der Waals surface area contributed by atoms with Crippen molar-refractivity contribution in [1.29, 1.82) is 0 Å². The largest absolute Gasteiger partial charge is 0.504 e. The predicted molar refractivity (Wildman–Crippen MR) is 134 cm³/mol. The van der Waals surface area contributed by atoms with Crippen molar-refractivity contribution in [2.75, 3.05) is 0 Å². The van der Waals surface area contributed by atoms with Gasteiger partial charge in [0, 0.05) is 42.7 Å². The number of rotatable bonds is 3. The van der Waals surface area contributed by atoms with Crippen molar-refractivity contribution < 1.29 is 24.5 Å². The summed E-state index contributed by atoms with van der Waals surface area (Å²) in [7, 11) is 0. The fraction of sp³-hybridized carbons (Fsp3) is 0.226. The molecule has 0 saturated heterocycles. The van der Waals surface area contributed by atoms with E-state index in [1.807, 2.05) is 60.7 Å². The Balaban J connectivity index is 1.46. The second-order valence-corrected chi connectivity index (χ2v) is 9.83. The number of Topliss-reactive ketones (excluding diaryl/α,β-unsaturated/α-hetero) is 2. The van der Waals surface area contributed by atoms with Gasteiger partial charge in [-0.05, 0) is 40.7 Å². The number of benzene rings is 3. The zero-order valence-corrected chi connectivity index (χ0v) is 19.7. The summed E-state index contributed by atoms with van der Waals surface area (Å²) in [5, 5.41) is 20.2. The number of phenols is 2. The fourth-order valence-corrected chi connectivity index (χ4v) is 5.90. The minimum Gasteiger partial charge on any atom is -0.504 e. The maximum absolute atomic E-state index is 13.6. The van der Waals surface area contributed by atoms with Crippen LogP contribution in [0.4, 0.5) is 0 Å². The van der Waals surface area contributed by atoms with E-state index < -0.39 is 5.92 Å². The molecular formula is C31H26O5. The lowest BCUT2D eigenvalue weighted by Crippen LogP contribution is -2.33. The first-order valence-corrected chi connectivity index (χ1v) is 12.3. The molecule has 0 aromatic heterocycles. The van der Waals surface area contributed by atoms with Crippen LogP contribution in [0.25, 0.3) is 0 Å². The van der Waals surface area contributed by atoms with Gasteiger partial charge in [-0.25, -0.2) is 0 Å². The molecule has 0 amide bonds. The standard InChI is InChI=1S/C31H26O5/c32-23-12-11-20(13-24(23)33)29-30-25(34)14-21(18-7-3-1-4-8-18)16-27(30)36-28-17-22(15-26(35)31(28)29)19-9-5-2-6-10-19/h1-13,21-22,29,32-33H,14-17H2/t21-,22-/m0/s1. The Morgan fingerprint density at radius 3 is 1.56 bits per heavy atom. The van der Waals surface area contributed by atoms with Gasteiger partial charge >= 0.3 is 0 Å². The minimum atomic E-state index is -0.622. The van der Waals surface area contributed by atoms with Gasteiger partial charge in [0.25, 0.3) is 0 Å². The van der Waals surface area contributed by atoms with Crippen molar-refractivity contribution in [3.05, 3.63) is 118 Å². The van der Waals surface area contributed by atoms with E-state index in [0.29, 0.717) is 53.9 Å². The summed E-state index contributed by atoms with van der Waals surface area (Å²) in [5.74, 6) is -0.0269. The van der Waals surface area contributed by atoms with Crippen LogP contribution in [0.2, 0.25) is 0 Å². The lowest BCUT2D eigenvalue weighted by atomic mass is 9.69. The van der Waals surface area contributed by atoms with Crippen molar-refractivity contribution in [1.82, 2.24) is 0 Å². The Bertz CT molecular complexity index is 1330. The monoisotopic (exact) mass is 478 g/mol. The first-order valence-electron chi connectivity index (χ1n) is 12.3. The highest BCUT2D eigenvalue weighted by molar-refractivity contribution is 6.06. The molecule has 0 fully saturated rings. The Hall–Kier alpha value is -4.12. The average molecular weight is 479 g/mol. The highest BCUT2D eigenvalue weighted by Gasteiger charge is 2.45. The Morgan fingerprint density at radius 2 is 1.08 bits per heavy atom. The third-order valence-electron chi connectivity index (χ3n) is 7.63. The van der Waals surface area contributed by atoms with Crippen molar-refractivity contribution in [2.45, 2.75) is 43.4 Å². The van der Waals surface area contributed by atoms with Gasteiger partial charge in [0.2, 0.25) is 0 Å². The number of ether oxygens (including phenoxy) is 1. The highest BCUT2D eigenvalue weighted by atomic mass is 16.5. The quantitative estimate of drug-likeness (QED) is 0.450. The van der Waals surface area contributed by atoms with Crippen LogP contribution in [0.3, 0.4) is 0 Å². The lowest BCUT2D eigenvalue weighted by Gasteiger charge is -2.39. The van der Waals surface area contributed by atoms with Crippen LogP contribution in [-0.4, -0.2) is 21.8 Å². The molecule has 36 heavy (non-hydrogen) atoms. The van der Waals surface area contributed by atoms with Crippen LogP contribution in [0.1, 0.15) is 60.1 Å². The van der Waals surface area contributed by atoms with E-state index in [2.05, 4.69) is 0 Å². The van der Waals surface area contributed by atoms with E-state index in [1.54, 1.807) is 6.07 Å². The Kier molecular flexibility index (Phi) is 5.48. The molecule has 2 aliphatic carbocycles. The van der Waals surface area contributed by atoms with E-state index >= 15 is 0 Å². The van der Waals surface area contributed by atoms with Crippen LogP contribution in [0, 0.1) is 0 Å². The molecule has 6 rings (SSSR count). The SMILES string of the molecule is O=C1C[C@H](c2ccccc2)CC2=C1C(c1ccc(O)c(O)c1)C1=C(C[C@@H](c3ccccc3)CC1=O)O2. The van der Waals surface area contributed by atoms with Crippen LogP contribution in [-0.2, 0) is 14.3 Å². The fourth-order valence-electron chi connectivity index (χ4n) is 5.90. The Labute approximate surface area is 209 Å². The summed E-state index contributed by atoms with van der Waals surface area (Å²) in [5.41, 5.74) is 3.77. The van der Waals surface area contributed by atoms with E-state index in [4.69, 9.17) is 4.74 Å². The molecule has 0 spiro atoms. The van der Waals surface area contributed by atoms with Crippen LogP contribution < -0.4 is 0 Å². The summed E-state index contributed by atoms with van der Waals surface area (Å²) in [6.07, 6.45) is 1.78. The smallest absolute Gasteiger partial charge is 0.163 e. The molecule has 2 N–H and O–H groups in total. The number of phenolic OH excluding ortho intramolecular Hbond substituents is 2. The van der Waals surface area contributed by atoms with E-state index in [9.17, 15) is 19.8 Å². The van der Waals surface area contributed by atoms with E-state index in [-0.39, 0.29) is 34.9 Å². The van der Waals surface area contributed by atoms with Crippen molar-refractivity contribution in [3.63, 3.8) is 0 Å². The second kappa shape index (κ2) is 8.83. The number of aromatic hydroxyl groups is 2. The molecule has 2 atom stereocenters. The molecule has 3 aromatic carbocycles. The molecular weight excluding hydrogens is 452 g/mol. The molecule has 3 aliphatic rings. The molecule has 0 radical (unpaired) electrons. The summed E-state index contributed by atoms with van der Waals surface area (Å²) >= 11 is 0. The number of allylic oxidation sites excluding steroid dienone is 4. The van der Waals surface area contributed by atoms with Crippen LogP contribution >= 0.6 is 0 Å². The molecule has 0 saturated carbocycles. The van der Waals surface area contributed by atoms with E-state index in [1.165, 1.54) is 12.1 Å². The van der Waals surface area contributed by atoms with Gasteiger partial charge in [-0.15, -0.1) is 0 Å². The molecule has 1 heterocycles. The number of hydrogen-bond acceptors (Lipinski definition) is 5. The Morgan fingerprint density at radius 1 is 0.583 bits per heavy atom. The lowest BCUT2D eigenvalue weighted by molar-refractivity contribution is -0.118. The van der Waals surface area contributed by atoms with Gasteiger partial charge in [0.05, 0.1) is 0 Å². The summed E-state index contributed by atoms with van der Waals surface area (Å²) in [6.45, 7) is 0. The summed E-state index contributed by atoms with van der Waals surface area (Å²) in [4.78, 5) is 27.3. The van der Waals surface area contributed by atoms with Gasteiger partial charge in [-0.1, -0.05) is 66.7 Å². The average Bonchev–Trinajstić information content (AvgIpc) is 2.90. The van der Waals surface area contributed by atoms with Gasteiger partial charge in [0.15, 0.2) is 23.1 Å². The molecule has 180 valence electrons. The summed E-state index contributed by atoms with van der Waals surface area (Å²) in [6, 6.07) is 24.4. The van der Waals surface area contributed by atoms with Crippen LogP contribution in [0.15, 0.2) is 102 Å². The number of carbonyl (C=O) groups excluding carboxylic acids is 2. The topological polar surface area (TPSA) is 83.8 Å². The number of carbonyl (C=O) groups is 2. The number of ketones is 2. The predicted octanol–water partition coefficient (Wildman–Crippen LogP) is 6.01. The number of hydrogen-bond donors (Lipinski definition) is 2.